The normalized spacial score (nSPS) is 30.9. The van der Waals surface area contributed by atoms with Crippen molar-refractivity contribution in [3.05, 3.63) is 82.4 Å². The highest BCUT2D eigenvalue weighted by Crippen LogP contribution is 2.62. The molecule has 2 aliphatic carbocycles. The van der Waals surface area contributed by atoms with Crippen molar-refractivity contribution >= 4 is 39.7 Å². The van der Waals surface area contributed by atoms with E-state index in [1.165, 1.54) is 17.0 Å². The van der Waals surface area contributed by atoms with E-state index in [-0.39, 0.29) is 41.4 Å². The molecule has 7 rings (SSSR count). The number of hydrogen-bond donors (Lipinski definition) is 0. The van der Waals surface area contributed by atoms with Gasteiger partial charge in [0.15, 0.2) is 0 Å². The topological polar surface area (TPSA) is 102 Å². The lowest BCUT2D eigenvalue weighted by Crippen LogP contribution is -2.41. The molecule has 2 heterocycles. The van der Waals surface area contributed by atoms with Crippen LogP contribution in [0.1, 0.15) is 12.0 Å². The zero-order valence-corrected chi connectivity index (χ0v) is 17.9. The van der Waals surface area contributed by atoms with Crippen LogP contribution in [0.5, 0.6) is 0 Å². The maximum atomic E-state index is 13.6. The molecule has 8 heteroatoms. The summed E-state index contributed by atoms with van der Waals surface area (Å²) in [7, 11) is 0. The molecule has 8 nitrogen and oxygen atoms in total. The Morgan fingerprint density at radius 3 is 2.32 bits per heavy atom. The summed E-state index contributed by atoms with van der Waals surface area (Å²) < 4.78 is 0. The van der Waals surface area contributed by atoms with Crippen LogP contribution in [0.3, 0.4) is 0 Å². The van der Waals surface area contributed by atoms with Gasteiger partial charge in [-0.1, -0.05) is 35.5 Å². The first kappa shape index (κ1) is 19.4. The predicted octanol–water partition coefficient (Wildman–Crippen LogP) is 3.92. The van der Waals surface area contributed by atoms with Gasteiger partial charge >= 0.3 is 0 Å². The minimum Gasteiger partial charge on any atom is -0.391 e. The number of fused-ring (bicyclic) bond motifs is 9. The number of benzene rings is 3. The molecule has 0 aromatic heterocycles. The lowest BCUT2D eigenvalue weighted by molar-refractivity contribution is -0.384. The maximum absolute atomic E-state index is 13.6. The molecule has 2 amide bonds. The third-order valence-electron chi connectivity index (χ3n) is 8.06. The number of carbonyl (C=O) groups is 2. The predicted molar refractivity (Wildman–Crippen MR) is 123 cm³/mol. The number of oxime groups is 1. The summed E-state index contributed by atoms with van der Waals surface area (Å²) >= 11 is 0. The molecule has 168 valence electrons. The van der Waals surface area contributed by atoms with Crippen molar-refractivity contribution in [2.24, 2.45) is 34.7 Å². The average molecular weight is 453 g/mol. The van der Waals surface area contributed by atoms with Crippen molar-refractivity contribution in [3.63, 3.8) is 0 Å². The number of nitro benzene ring substituents is 1. The Morgan fingerprint density at radius 1 is 0.882 bits per heavy atom. The van der Waals surface area contributed by atoms with Crippen LogP contribution in [0.25, 0.3) is 10.8 Å². The molecular weight excluding hydrogens is 434 g/mol. The second kappa shape index (κ2) is 6.72. The summed E-state index contributed by atoms with van der Waals surface area (Å²) in [5.74, 6) is -1.29. The molecule has 3 aromatic rings. The van der Waals surface area contributed by atoms with Gasteiger partial charge in [0, 0.05) is 29.5 Å². The number of rotatable bonds is 3. The standard InChI is InChI=1S/C26H19N3O5/c30-25-20-18-12-19(24-22(18)23(27-34-24)14-6-8-16(9-7-14)29(32)33)21(20)26(31)28(25)17-10-5-13-3-1-2-4-15(13)11-17/h1-11,18-22,24H,12H2/t18-,19+,20-,21+,22+,24+/m1/s1. The number of imide groups is 1. The van der Waals surface area contributed by atoms with Crippen molar-refractivity contribution in [1.82, 2.24) is 0 Å². The summed E-state index contributed by atoms with van der Waals surface area (Å²) in [6.45, 7) is 0. The van der Waals surface area contributed by atoms with Gasteiger partial charge in [-0.05, 0) is 47.4 Å². The first-order valence-corrected chi connectivity index (χ1v) is 11.4. The molecular formula is C26H19N3O5. The van der Waals surface area contributed by atoms with Gasteiger partial charge in [-0.3, -0.25) is 24.6 Å². The van der Waals surface area contributed by atoms with E-state index in [9.17, 15) is 19.7 Å². The monoisotopic (exact) mass is 453 g/mol. The number of nitro groups is 1. The largest absolute Gasteiger partial charge is 0.391 e. The Bertz CT molecular complexity index is 1430. The van der Waals surface area contributed by atoms with Gasteiger partial charge in [0.2, 0.25) is 11.8 Å². The van der Waals surface area contributed by atoms with Gasteiger partial charge in [-0.15, -0.1) is 0 Å². The van der Waals surface area contributed by atoms with Crippen molar-refractivity contribution in [3.8, 4) is 0 Å². The van der Waals surface area contributed by atoms with E-state index in [4.69, 9.17) is 4.84 Å². The van der Waals surface area contributed by atoms with Crippen LogP contribution < -0.4 is 4.90 Å². The lowest BCUT2D eigenvalue weighted by Gasteiger charge is -2.29. The van der Waals surface area contributed by atoms with Gasteiger partial charge in [-0.2, -0.15) is 0 Å². The summed E-state index contributed by atoms with van der Waals surface area (Å²) in [5.41, 5.74) is 2.09. The molecule has 2 aliphatic heterocycles. The molecule has 6 atom stereocenters. The van der Waals surface area contributed by atoms with Crippen LogP contribution in [0.15, 0.2) is 71.9 Å². The Hall–Kier alpha value is -4.07. The SMILES string of the molecule is O=C1[C@@H]2[C@H]3C[C@H]([C@@H]4ON=C(c5ccc([N+](=O)[O-])cc5)[C@H]34)[C@@H]2C(=O)N1c1ccc2ccccc2c1. The van der Waals surface area contributed by atoms with Gasteiger partial charge in [0.25, 0.3) is 5.69 Å². The first-order valence-electron chi connectivity index (χ1n) is 11.4. The Balaban J connectivity index is 1.22. The van der Waals surface area contributed by atoms with E-state index >= 15 is 0 Å². The summed E-state index contributed by atoms with van der Waals surface area (Å²) in [6, 6.07) is 19.8. The molecule has 2 bridgehead atoms. The van der Waals surface area contributed by atoms with E-state index in [0.29, 0.717) is 5.69 Å². The van der Waals surface area contributed by atoms with Crippen LogP contribution in [-0.4, -0.2) is 28.6 Å². The number of carbonyl (C=O) groups excluding carboxylic acids is 2. The first-order chi connectivity index (χ1) is 16.5. The van der Waals surface area contributed by atoms with Crippen molar-refractivity contribution in [2.75, 3.05) is 4.90 Å². The van der Waals surface area contributed by atoms with Gasteiger partial charge < -0.3 is 4.84 Å². The maximum Gasteiger partial charge on any atom is 0.269 e. The van der Waals surface area contributed by atoms with E-state index in [1.54, 1.807) is 12.1 Å². The highest BCUT2D eigenvalue weighted by atomic mass is 16.6. The quantitative estimate of drug-likeness (QED) is 0.340. The Kier molecular flexibility index (Phi) is 3.84. The number of amides is 2. The fourth-order valence-electron chi connectivity index (χ4n) is 6.69. The average Bonchev–Trinajstić information content (AvgIpc) is 3.59. The number of non-ortho nitro benzene ring substituents is 1. The number of anilines is 1. The number of nitrogens with zero attached hydrogens (tertiary/aromatic N) is 3. The van der Waals surface area contributed by atoms with Crippen molar-refractivity contribution < 1.29 is 19.3 Å². The van der Waals surface area contributed by atoms with Crippen LogP contribution >= 0.6 is 0 Å². The summed E-state index contributed by atoms with van der Waals surface area (Å²) in [6.07, 6.45) is 0.504. The molecule has 0 N–H and O–H groups in total. The fraction of sp³-hybridized carbons (Fsp3) is 0.269. The zero-order valence-electron chi connectivity index (χ0n) is 17.9. The molecule has 3 fully saturated rings. The molecule has 0 unspecified atom stereocenters. The van der Waals surface area contributed by atoms with Crippen molar-refractivity contribution in [2.45, 2.75) is 12.5 Å². The van der Waals surface area contributed by atoms with E-state index in [1.807, 2.05) is 42.5 Å². The Morgan fingerprint density at radius 2 is 1.59 bits per heavy atom. The zero-order chi connectivity index (χ0) is 23.1. The minimum atomic E-state index is -0.439. The highest BCUT2D eigenvalue weighted by molar-refractivity contribution is 6.23. The van der Waals surface area contributed by atoms with E-state index in [0.717, 1.165) is 28.5 Å². The second-order valence-electron chi connectivity index (χ2n) is 9.53. The molecule has 2 saturated carbocycles. The molecule has 4 aliphatic rings. The fourth-order valence-corrected chi connectivity index (χ4v) is 6.69. The molecule has 0 radical (unpaired) electrons. The number of hydrogen-bond acceptors (Lipinski definition) is 6. The third-order valence-corrected chi connectivity index (χ3v) is 8.06. The van der Waals surface area contributed by atoms with Crippen molar-refractivity contribution in [1.29, 1.82) is 0 Å². The van der Waals surface area contributed by atoms with Crippen LogP contribution in [0, 0.1) is 39.7 Å². The second-order valence-corrected chi connectivity index (χ2v) is 9.53. The van der Waals surface area contributed by atoms with Crippen LogP contribution in [0.2, 0.25) is 0 Å². The highest BCUT2D eigenvalue weighted by Gasteiger charge is 2.70. The minimum absolute atomic E-state index is 0.00964. The van der Waals surface area contributed by atoms with Gasteiger partial charge in [0.1, 0.15) is 6.10 Å². The lowest BCUT2D eigenvalue weighted by atomic mass is 9.71. The third kappa shape index (κ3) is 2.45. The summed E-state index contributed by atoms with van der Waals surface area (Å²) in [4.78, 5) is 44.9. The van der Waals surface area contributed by atoms with Gasteiger partial charge in [-0.25, -0.2) is 0 Å². The molecule has 34 heavy (non-hydrogen) atoms. The molecule has 3 aromatic carbocycles. The van der Waals surface area contributed by atoms with Crippen LogP contribution in [-0.2, 0) is 14.4 Å². The summed E-state index contributed by atoms with van der Waals surface area (Å²) in [5, 5.41) is 17.3. The Labute approximate surface area is 193 Å². The van der Waals surface area contributed by atoms with E-state index in [2.05, 4.69) is 5.16 Å². The van der Waals surface area contributed by atoms with Gasteiger partial charge in [0.05, 0.1) is 28.2 Å². The van der Waals surface area contributed by atoms with Crippen LogP contribution in [0.4, 0.5) is 11.4 Å². The smallest absolute Gasteiger partial charge is 0.269 e. The molecule has 1 saturated heterocycles. The van der Waals surface area contributed by atoms with E-state index < -0.39 is 16.8 Å². The molecule has 0 spiro atoms.